The number of benzene rings is 1. The van der Waals surface area contributed by atoms with E-state index in [1.54, 1.807) is 24.3 Å². The van der Waals surface area contributed by atoms with Crippen LogP contribution in [0.3, 0.4) is 0 Å². The van der Waals surface area contributed by atoms with Gasteiger partial charge in [0.05, 0.1) is 11.6 Å². The van der Waals surface area contributed by atoms with Crippen LogP contribution in [0.25, 0.3) is 0 Å². The van der Waals surface area contributed by atoms with Gasteiger partial charge in [-0.1, -0.05) is 31.5 Å². The van der Waals surface area contributed by atoms with Crippen molar-refractivity contribution in [1.82, 2.24) is 0 Å². The normalized spacial score (nSPS) is 19.6. The largest absolute Gasteiger partial charge is 0.299 e. The summed E-state index contributed by atoms with van der Waals surface area (Å²) in [5, 5.41) is 0.468. The molecule has 0 spiro atoms. The standard InChI is InChI=1S/C17H20ClNO3/c1-3-6-15(20)13(4-2)14-10-16(21)19(17(14)22)12-8-5-7-11(18)9-12/h5,7-9,13-14H,3-4,6,10H2,1-2H3. The molecule has 0 saturated carbocycles. The highest BCUT2D eigenvalue weighted by molar-refractivity contribution is 6.31. The second-order valence-electron chi connectivity index (χ2n) is 5.59. The van der Waals surface area contributed by atoms with E-state index in [0.717, 1.165) is 6.42 Å². The Balaban J connectivity index is 2.26. The third-order valence-electron chi connectivity index (χ3n) is 4.08. The summed E-state index contributed by atoms with van der Waals surface area (Å²) in [6, 6.07) is 6.66. The Labute approximate surface area is 135 Å². The molecule has 1 aliphatic heterocycles. The highest BCUT2D eigenvalue weighted by atomic mass is 35.5. The number of carbonyl (C=O) groups is 3. The van der Waals surface area contributed by atoms with E-state index >= 15 is 0 Å². The van der Waals surface area contributed by atoms with Crippen molar-refractivity contribution in [3.8, 4) is 0 Å². The van der Waals surface area contributed by atoms with Crippen LogP contribution >= 0.6 is 11.6 Å². The highest BCUT2D eigenvalue weighted by Crippen LogP contribution is 2.34. The van der Waals surface area contributed by atoms with Gasteiger partial charge in [-0.2, -0.15) is 0 Å². The Kier molecular flexibility index (Phi) is 5.35. The minimum atomic E-state index is -0.546. The summed E-state index contributed by atoms with van der Waals surface area (Å²) < 4.78 is 0. The molecule has 0 aromatic heterocycles. The Morgan fingerprint density at radius 3 is 2.68 bits per heavy atom. The topological polar surface area (TPSA) is 54.5 Å². The van der Waals surface area contributed by atoms with Crippen molar-refractivity contribution in [3.05, 3.63) is 29.3 Å². The minimum absolute atomic E-state index is 0.0732. The summed E-state index contributed by atoms with van der Waals surface area (Å²) in [4.78, 5) is 38.3. The molecule has 1 aliphatic rings. The smallest absolute Gasteiger partial charge is 0.238 e. The van der Waals surface area contributed by atoms with Crippen molar-refractivity contribution in [2.75, 3.05) is 4.90 Å². The lowest BCUT2D eigenvalue weighted by molar-refractivity contribution is -0.130. The Morgan fingerprint density at radius 1 is 1.36 bits per heavy atom. The lowest BCUT2D eigenvalue weighted by Crippen LogP contribution is -2.34. The number of hydrogen-bond acceptors (Lipinski definition) is 3. The summed E-state index contributed by atoms with van der Waals surface area (Å²) in [6.07, 6.45) is 1.88. The first-order valence-corrected chi connectivity index (χ1v) is 8.02. The van der Waals surface area contributed by atoms with Crippen LogP contribution in [0.5, 0.6) is 0 Å². The molecule has 0 radical (unpaired) electrons. The number of rotatable bonds is 6. The van der Waals surface area contributed by atoms with E-state index in [-0.39, 0.29) is 29.9 Å². The maximum atomic E-state index is 12.6. The summed E-state index contributed by atoms with van der Waals surface area (Å²) in [6.45, 7) is 3.82. The third-order valence-corrected chi connectivity index (χ3v) is 4.32. The predicted molar refractivity (Wildman–Crippen MR) is 85.7 cm³/mol. The minimum Gasteiger partial charge on any atom is -0.299 e. The number of amides is 2. The molecule has 5 heteroatoms. The first-order valence-electron chi connectivity index (χ1n) is 7.64. The summed E-state index contributed by atoms with van der Waals surface area (Å²) in [5.41, 5.74) is 0.475. The average Bonchev–Trinajstić information content (AvgIpc) is 2.75. The van der Waals surface area contributed by atoms with Gasteiger partial charge >= 0.3 is 0 Å². The Morgan fingerprint density at radius 2 is 2.09 bits per heavy atom. The molecule has 118 valence electrons. The zero-order valence-electron chi connectivity index (χ0n) is 12.8. The van der Waals surface area contributed by atoms with Gasteiger partial charge in [0.15, 0.2) is 0 Å². The average molecular weight is 322 g/mol. The summed E-state index contributed by atoms with van der Waals surface area (Å²) >= 11 is 5.93. The highest BCUT2D eigenvalue weighted by Gasteiger charge is 2.44. The van der Waals surface area contributed by atoms with Crippen LogP contribution in [-0.2, 0) is 14.4 Å². The monoisotopic (exact) mass is 321 g/mol. The molecule has 0 bridgehead atoms. The van der Waals surface area contributed by atoms with E-state index in [9.17, 15) is 14.4 Å². The van der Waals surface area contributed by atoms with Crippen molar-refractivity contribution in [2.24, 2.45) is 11.8 Å². The maximum absolute atomic E-state index is 12.6. The van der Waals surface area contributed by atoms with Crippen LogP contribution in [-0.4, -0.2) is 17.6 Å². The molecule has 4 nitrogen and oxygen atoms in total. The maximum Gasteiger partial charge on any atom is 0.238 e. The molecule has 2 atom stereocenters. The van der Waals surface area contributed by atoms with Crippen LogP contribution in [0.15, 0.2) is 24.3 Å². The van der Waals surface area contributed by atoms with Crippen molar-refractivity contribution in [2.45, 2.75) is 39.5 Å². The second kappa shape index (κ2) is 7.05. The van der Waals surface area contributed by atoms with Gasteiger partial charge in [0, 0.05) is 23.8 Å². The SMILES string of the molecule is CCCC(=O)C(CC)C1CC(=O)N(c2cccc(Cl)c2)C1=O. The van der Waals surface area contributed by atoms with E-state index in [4.69, 9.17) is 11.6 Å². The predicted octanol–water partition coefficient (Wildman–Crippen LogP) is 3.61. The second-order valence-corrected chi connectivity index (χ2v) is 6.03. The quantitative estimate of drug-likeness (QED) is 0.752. The number of hydrogen-bond donors (Lipinski definition) is 0. The molecule has 2 amide bonds. The van der Waals surface area contributed by atoms with Crippen LogP contribution in [0, 0.1) is 11.8 Å². The van der Waals surface area contributed by atoms with Gasteiger partial charge in [0.1, 0.15) is 5.78 Å². The Hall–Kier alpha value is -1.68. The number of nitrogens with zero attached hydrogens (tertiary/aromatic N) is 1. The first kappa shape index (κ1) is 16.7. The van der Waals surface area contributed by atoms with Crippen LogP contribution < -0.4 is 4.90 Å². The lowest BCUT2D eigenvalue weighted by atomic mass is 9.84. The van der Waals surface area contributed by atoms with Crippen LogP contribution in [0.1, 0.15) is 39.5 Å². The van der Waals surface area contributed by atoms with Gasteiger partial charge in [-0.15, -0.1) is 0 Å². The van der Waals surface area contributed by atoms with E-state index in [1.165, 1.54) is 4.90 Å². The lowest BCUT2D eigenvalue weighted by Gasteiger charge is -2.20. The van der Waals surface area contributed by atoms with Gasteiger partial charge in [0.25, 0.3) is 0 Å². The van der Waals surface area contributed by atoms with Crippen molar-refractivity contribution in [1.29, 1.82) is 0 Å². The van der Waals surface area contributed by atoms with Crippen LogP contribution in [0.2, 0.25) is 5.02 Å². The Bertz CT molecular complexity index is 599. The molecule has 1 fully saturated rings. The number of imide groups is 1. The summed E-state index contributed by atoms with van der Waals surface area (Å²) in [5.74, 6) is -1.40. The molecule has 1 aromatic carbocycles. The third kappa shape index (κ3) is 3.22. The number of Topliss-reactive ketones (excluding diaryl/α,β-unsaturated/α-hetero) is 1. The van der Waals surface area contributed by atoms with Gasteiger partial charge < -0.3 is 0 Å². The van der Waals surface area contributed by atoms with Crippen LogP contribution in [0.4, 0.5) is 5.69 Å². The van der Waals surface area contributed by atoms with E-state index < -0.39 is 5.92 Å². The fourth-order valence-corrected chi connectivity index (χ4v) is 3.21. The van der Waals surface area contributed by atoms with E-state index in [1.807, 2.05) is 13.8 Å². The number of halogens is 1. The van der Waals surface area contributed by atoms with Gasteiger partial charge in [0.2, 0.25) is 11.8 Å². The molecule has 2 rings (SSSR count). The molecular weight excluding hydrogens is 302 g/mol. The molecule has 22 heavy (non-hydrogen) atoms. The van der Waals surface area contributed by atoms with E-state index in [2.05, 4.69) is 0 Å². The molecule has 0 N–H and O–H groups in total. The molecular formula is C17H20ClNO3. The zero-order valence-corrected chi connectivity index (χ0v) is 13.6. The van der Waals surface area contributed by atoms with Crippen molar-refractivity contribution in [3.63, 3.8) is 0 Å². The zero-order chi connectivity index (χ0) is 16.3. The number of ketones is 1. The van der Waals surface area contributed by atoms with Gasteiger partial charge in [-0.05, 0) is 31.0 Å². The fraction of sp³-hybridized carbons (Fsp3) is 0.471. The first-order chi connectivity index (χ1) is 10.5. The molecule has 0 aliphatic carbocycles. The fourth-order valence-electron chi connectivity index (χ4n) is 3.02. The molecule has 1 heterocycles. The number of anilines is 1. The molecule has 2 unspecified atom stereocenters. The molecule has 1 saturated heterocycles. The van der Waals surface area contributed by atoms with Crippen molar-refractivity contribution < 1.29 is 14.4 Å². The molecule has 1 aromatic rings. The van der Waals surface area contributed by atoms with Gasteiger partial charge in [-0.25, -0.2) is 0 Å². The number of carbonyl (C=O) groups excluding carboxylic acids is 3. The van der Waals surface area contributed by atoms with E-state index in [0.29, 0.717) is 23.6 Å². The summed E-state index contributed by atoms with van der Waals surface area (Å²) in [7, 11) is 0. The van der Waals surface area contributed by atoms with Crippen molar-refractivity contribution >= 4 is 34.9 Å². The van der Waals surface area contributed by atoms with Gasteiger partial charge in [-0.3, -0.25) is 19.3 Å².